The van der Waals surface area contributed by atoms with Gasteiger partial charge in [-0.15, -0.1) is 0 Å². The molecule has 1 aliphatic rings. The van der Waals surface area contributed by atoms with Crippen molar-refractivity contribution in [2.45, 2.75) is 37.5 Å². The first-order chi connectivity index (χ1) is 19.9. The van der Waals surface area contributed by atoms with Crippen LogP contribution in [0, 0.1) is 6.92 Å². The molecule has 1 atom stereocenters. The van der Waals surface area contributed by atoms with Gasteiger partial charge in [-0.1, -0.05) is 18.2 Å². The van der Waals surface area contributed by atoms with E-state index in [1.54, 1.807) is 55.5 Å². The van der Waals surface area contributed by atoms with E-state index in [4.69, 9.17) is 18.9 Å². The second kappa shape index (κ2) is 12.5. The zero-order valence-corrected chi connectivity index (χ0v) is 23.3. The Bertz CT molecular complexity index is 1630. The van der Waals surface area contributed by atoms with E-state index in [9.17, 15) is 13.5 Å². The van der Waals surface area contributed by atoms with Gasteiger partial charge in [0.25, 0.3) is 15.9 Å². The minimum atomic E-state index is -4.23. The van der Waals surface area contributed by atoms with Crippen LogP contribution >= 0.6 is 0 Å². The van der Waals surface area contributed by atoms with Crippen molar-refractivity contribution in [1.29, 1.82) is 0 Å². The van der Waals surface area contributed by atoms with Crippen LogP contribution in [0.15, 0.2) is 66.0 Å². The molecule has 0 spiro atoms. The summed E-state index contributed by atoms with van der Waals surface area (Å²) in [4.78, 5) is 17.3. The molecule has 1 fully saturated rings. The molecule has 0 saturated carbocycles. The third kappa shape index (κ3) is 6.53. The first-order valence-corrected chi connectivity index (χ1v) is 14.3. The fourth-order valence-corrected chi connectivity index (χ4v) is 5.39. The number of benzene rings is 1. The molecule has 1 aliphatic heterocycles. The zero-order chi connectivity index (χ0) is 28.8. The maximum Gasteiger partial charge on any atom is 0.280 e. The lowest BCUT2D eigenvalue weighted by Crippen LogP contribution is -2.20. The van der Waals surface area contributed by atoms with Crippen LogP contribution in [0.5, 0.6) is 23.1 Å². The molecule has 1 unspecified atom stereocenters. The molecule has 1 aromatic carbocycles. The molecule has 0 aliphatic carbocycles. The average molecular weight is 580 g/mol. The van der Waals surface area contributed by atoms with Gasteiger partial charge < -0.3 is 24.1 Å². The van der Waals surface area contributed by atoms with Crippen molar-refractivity contribution in [2.75, 3.05) is 25.0 Å². The van der Waals surface area contributed by atoms with E-state index in [1.165, 1.54) is 19.5 Å². The molecule has 12 nitrogen and oxygen atoms in total. The van der Waals surface area contributed by atoms with Crippen molar-refractivity contribution < 1.29 is 32.5 Å². The molecule has 41 heavy (non-hydrogen) atoms. The number of nitrogens with one attached hydrogen (secondary N) is 1. The van der Waals surface area contributed by atoms with Gasteiger partial charge >= 0.3 is 0 Å². The number of aryl methyl sites for hydroxylation is 1. The number of aliphatic hydroxyl groups excluding tert-OH is 1. The normalized spacial score (nSPS) is 15.0. The number of aliphatic hydroxyl groups is 1. The second-order valence-corrected chi connectivity index (χ2v) is 10.8. The minimum absolute atomic E-state index is 0.0193. The molecule has 0 amide bonds. The van der Waals surface area contributed by atoms with Crippen molar-refractivity contribution >= 4 is 15.8 Å². The van der Waals surface area contributed by atoms with Crippen LogP contribution in [0.3, 0.4) is 0 Å². The maximum absolute atomic E-state index is 13.6. The number of anilines is 1. The van der Waals surface area contributed by atoms with Crippen molar-refractivity contribution in [3.63, 3.8) is 0 Å². The van der Waals surface area contributed by atoms with E-state index in [0.29, 0.717) is 29.2 Å². The van der Waals surface area contributed by atoms with Gasteiger partial charge in [-0.25, -0.2) is 9.97 Å². The van der Waals surface area contributed by atoms with Gasteiger partial charge in [0.15, 0.2) is 28.2 Å². The van der Waals surface area contributed by atoms with Crippen LogP contribution in [-0.2, 0) is 21.4 Å². The van der Waals surface area contributed by atoms with Crippen LogP contribution < -0.4 is 18.9 Å². The number of hydrogen-bond donors (Lipinski definition) is 2. The lowest BCUT2D eigenvalue weighted by Gasteiger charge is -2.19. The van der Waals surface area contributed by atoms with Crippen LogP contribution in [0.4, 0.5) is 5.82 Å². The predicted octanol–water partition coefficient (Wildman–Crippen LogP) is 3.89. The number of sulfonamides is 1. The summed E-state index contributed by atoms with van der Waals surface area (Å²) in [5.41, 5.74) is 1.30. The highest BCUT2D eigenvalue weighted by molar-refractivity contribution is 7.92. The molecule has 1 saturated heterocycles. The lowest BCUT2D eigenvalue weighted by molar-refractivity contribution is 0.0654. The topological polar surface area (TPSA) is 155 Å². The van der Waals surface area contributed by atoms with Gasteiger partial charge in [-0.05, 0) is 55.7 Å². The molecule has 2 N–H and O–H groups in total. The van der Waals surface area contributed by atoms with Gasteiger partial charge in [0.05, 0.1) is 25.5 Å². The van der Waals surface area contributed by atoms with E-state index in [0.717, 1.165) is 12.8 Å². The number of rotatable bonds is 11. The van der Waals surface area contributed by atoms with Crippen LogP contribution in [0.25, 0.3) is 11.4 Å². The number of aromatic nitrogens is 4. The Kier molecular flexibility index (Phi) is 8.57. The van der Waals surface area contributed by atoms with E-state index in [1.807, 2.05) is 0 Å². The summed E-state index contributed by atoms with van der Waals surface area (Å²) in [5.74, 6) is 0.522. The van der Waals surface area contributed by atoms with Crippen LogP contribution in [0.1, 0.15) is 24.1 Å². The Hall–Kier alpha value is -4.33. The fraction of sp³-hybridized carbons (Fsp3) is 0.286. The van der Waals surface area contributed by atoms with E-state index < -0.39 is 10.0 Å². The van der Waals surface area contributed by atoms with Gasteiger partial charge in [0.1, 0.15) is 6.61 Å². The first-order valence-electron chi connectivity index (χ1n) is 12.9. The van der Waals surface area contributed by atoms with Crippen molar-refractivity contribution in [3.05, 3.63) is 72.2 Å². The molecular formula is C28H29N5O7S. The molecule has 214 valence electrons. The SMILES string of the molecule is COc1ccccc1Oc1c(NS(=O)(=O)c2ncccc2C)nc(-c2ccnc(CO)c2)nc1OCC1CCCO1. The van der Waals surface area contributed by atoms with Gasteiger partial charge in [-0.2, -0.15) is 13.4 Å². The van der Waals surface area contributed by atoms with Gasteiger partial charge in [0, 0.05) is 24.6 Å². The molecular weight excluding hydrogens is 550 g/mol. The van der Waals surface area contributed by atoms with Crippen molar-refractivity contribution in [3.8, 4) is 34.5 Å². The highest BCUT2D eigenvalue weighted by atomic mass is 32.2. The molecule has 4 aromatic rings. The zero-order valence-electron chi connectivity index (χ0n) is 22.5. The third-order valence-electron chi connectivity index (χ3n) is 6.23. The molecule has 5 rings (SSSR count). The Labute approximate surface area is 237 Å². The largest absolute Gasteiger partial charge is 0.493 e. The van der Waals surface area contributed by atoms with Gasteiger partial charge in [0.2, 0.25) is 5.75 Å². The van der Waals surface area contributed by atoms with Crippen molar-refractivity contribution in [1.82, 2.24) is 19.9 Å². The van der Waals surface area contributed by atoms with E-state index >= 15 is 0 Å². The Morgan fingerprint density at radius 1 is 1.07 bits per heavy atom. The third-order valence-corrected chi connectivity index (χ3v) is 7.63. The summed E-state index contributed by atoms with van der Waals surface area (Å²) in [6.07, 6.45) is 4.44. The van der Waals surface area contributed by atoms with Crippen molar-refractivity contribution in [2.24, 2.45) is 0 Å². The molecule has 13 heteroatoms. The predicted molar refractivity (Wildman–Crippen MR) is 149 cm³/mol. The number of methoxy groups -OCH3 is 1. The smallest absolute Gasteiger partial charge is 0.280 e. The quantitative estimate of drug-likeness (QED) is 0.266. The summed E-state index contributed by atoms with van der Waals surface area (Å²) < 4.78 is 53.1. The summed E-state index contributed by atoms with van der Waals surface area (Å²) in [6.45, 7) is 2.12. The molecule has 3 aromatic heterocycles. The summed E-state index contributed by atoms with van der Waals surface area (Å²) in [7, 11) is -2.74. The van der Waals surface area contributed by atoms with E-state index in [2.05, 4.69) is 24.7 Å². The highest BCUT2D eigenvalue weighted by Crippen LogP contribution is 2.42. The Morgan fingerprint density at radius 2 is 1.90 bits per heavy atom. The van der Waals surface area contributed by atoms with Gasteiger partial charge in [-0.3, -0.25) is 9.71 Å². The molecule has 4 heterocycles. The molecule has 0 bridgehead atoms. The monoisotopic (exact) mass is 579 g/mol. The maximum atomic E-state index is 13.6. The number of nitrogens with zero attached hydrogens (tertiary/aromatic N) is 4. The Balaban J connectivity index is 1.67. The molecule has 0 radical (unpaired) electrons. The number of pyridine rings is 2. The van der Waals surface area contributed by atoms with Crippen LogP contribution in [-0.4, -0.2) is 59.9 Å². The second-order valence-electron chi connectivity index (χ2n) is 9.15. The summed E-state index contributed by atoms with van der Waals surface area (Å²) >= 11 is 0. The Morgan fingerprint density at radius 3 is 2.63 bits per heavy atom. The summed E-state index contributed by atoms with van der Waals surface area (Å²) in [6, 6.07) is 13.4. The number of hydrogen-bond acceptors (Lipinski definition) is 11. The highest BCUT2D eigenvalue weighted by Gasteiger charge is 2.28. The number of para-hydroxylation sites is 2. The lowest BCUT2D eigenvalue weighted by atomic mass is 10.2. The number of ether oxygens (including phenoxy) is 4. The first kappa shape index (κ1) is 28.2. The van der Waals surface area contributed by atoms with Crippen LogP contribution in [0.2, 0.25) is 0 Å². The fourth-order valence-electron chi connectivity index (χ4n) is 4.21. The minimum Gasteiger partial charge on any atom is -0.493 e. The standard InChI is InChI=1S/C28H29N5O7S/c1-18-7-5-12-30-28(18)41(35,36)33-26-24(40-23-10-4-3-9-22(23)37-2)27(39-17-21-8-6-14-38-21)32-25(31-26)19-11-13-29-20(15-19)16-34/h3-5,7,9-13,15,21,34H,6,8,14,16-17H2,1-2H3,(H,31,32,33). The average Bonchev–Trinajstić information content (AvgIpc) is 3.51. The van der Waals surface area contributed by atoms with E-state index in [-0.39, 0.29) is 53.4 Å². The summed E-state index contributed by atoms with van der Waals surface area (Å²) in [5, 5.41) is 9.44.